The first-order valence-electron chi connectivity index (χ1n) is 7.33. The summed E-state index contributed by atoms with van der Waals surface area (Å²) < 4.78 is 0. The fraction of sp³-hybridized carbons (Fsp3) is 0.533. The van der Waals surface area contributed by atoms with Gasteiger partial charge in [-0.15, -0.1) is 0 Å². The van der Waals surface area contributed by atoms with E-state index in [1.165, 1.54) is 0 Å². The molecule has 5 nitrogen and oxygen atoms in total. The second-order valence-corrected chi connectivity index (χ2v) is 5.80. The van der Waals surface area contributed by atoms with Crippen LogP contribution < -0.4 is 21.9 Å². The average Bonchev–Trinajstić information content (AvgIpc) is 2.95. The zero-order chi connectivity index (χ0) is 13.9. The normalized spacial score (nSPS) is 30.6. The van der Waals surface area contributed by atoms with Gasteiger partial charge in [-0.1, -0.05) is 30.3 Å². The molecular formula is C15H22N4O. The van der Waals surface area contributed by atoms with Gasteiger partial charge in [0.1, 0.15) is 6.04 Å². The van der Waals surface area contributed by atoms with Crippen LogP contribution in [0, 0.1) is 5.92 Å². The van der Waals surface area contributed by atoms with Gasteiger partial charge in [-0.2, -0.15) is 0 Å². The van der Waals surface area contributed by atoms with Gasteiger partial charge in [0.15, 0.2) is 0 Å². The van der Waals surface area contributed by atoms with Crippen molar-refractivity contribution in [3.05, 3.63) is 35.9 Å². The van der Waals surface area contributed by atoms with Crippen LogP contribution in [0.2, 0.25) is 0 Å². The second-order valence-electron chi connectivity index (χ2n) is 5.80. The number of carbonyl (C=O) groups is 1. The second kappa shape index (κ2) is 5.91. The number of hydrogen-bond acceptors (Lipinski definition) is 4. The summed E-state index contributed by atoms with van der Waals surface area (Å²) in [4.78, 5) is 12.2. The zero-order valence-electron chi connectivity index (χ0n) is 11.5. The van der Waals surface area contributed by atoms with Crippen LogP contribution in [0.15, 0.2) is 30.3 Å². The lowest BCUT2D eigenvalue weighted by molar-refractivity contribution is -0.123. The van der Waals surface area contributed by atoms with Gasteiger partial charge >= 0.3 is 0 Å². The van der Waals surface area contributed by atoms with Crippen molar-refractivity contribution in [1.29, 1.82) is 0 Å². The molecule has 1 aliphatic heterocycles. The summed E-state index contributed by atoms with van der Waals surface area (Å²) in [6, 6.07) is 9.64. The van der Waals surface area contributed by atoms with E-state index in [2.05, 4.69) is 16.2 Å². The molecule has 108 valence electrons. The summed E-state index contributed by atoms with van der Waals surface area (Å²) in [5.74, 6) is 0.622. The third kappa shape index (κ3) is 2.85. The molecule has 0 aromatic heterocycles. The van der Waals surface area contributed by atoms with Crippen molar-refractivity contribution >= 4 is 5.91 Å². The Morgan fingerprint density at radius 2 is 2.10 bits per heavy atom. The molecule has 1 amide bonds. The molecular weight excluding hydrogens is 252 g/mol. The lowest BCUT2D eigenvalue weighted by atomic mass is 9.83. The molecule has 1 aliphatic carbocycles. The minimum Gasteiger partial charge on any atom is -0.352 e. The molecule has 1 saturated heterocycles. The highest BCUT2D eigenvalue weighted by Crippen LogP contribution is 2.26. The molecule has 0 radical (unpaired) electrons. The van der Waals surface area contributed by atoms with Gasteiger partial charge in [0.05, 0.1) is 0 Å². The van der Waals surface area contributed by atoms with Crippen LogP contribution in [-0.2, 0) is 4.79 Å². The fourth-order valence-corrected chi connectivity index (χ4v) is 3.21. The molecule has 1 aromatic carbocycles. The van der Waals surface area contributed by atoms with Gasteiger partial charge in [0.25, 0.3) is 0 Å². The highest BCUT2D eigenvalue weighted by atomic mass is 16.2. The van der Waals surface area contributed by atoms with Gasteiger partial charge in [-0.25, -0.2) is 0 Å². The average molecular weight is 274 g/mol. The molecule has 2 fully saturated rings. The maximum absolute atomic E-state index is 12.2. The molecule has 3 unspecified atom stereocenters. The molecule has 4 atom stereocenters. The minimum atomic E-state index is -0.580. The standard InChI is InChI=1S/C15H22N4O/c16-14(10-4-2-1-3-5-10)15(20)18-12-7-6-11-9-17-19-13(11)8-12/h1-5,11-14,17,19H,6-9,16H2,(H,18,20)/t11?,12?,13?,14-/m1/s1. The number of hydrazine groups is 1. The van der Waals surface area contributed by atoms with E-state index in [1.807, 2.05) is 30.3 Å². The highest BCUT2D eigenvalue weighted by Gasteiger charge is 2.34. The van der Waals surface area contributed by atoms with E-state index < -0.39 is 6.04 Å². The first-order chi connectivity index (χ1) is 9.74. The molecule has 0 bridgehead atoms. The van der Waals surface area contributed by atoms with Crippen LogP contribution >= 0.6 is 0 Å². The molecule has 2 aliphatic rings. The Bertz CT molecular complexity index is 464. The van der Waals surface area contributed by atoms with Crippen molar-refractivity contribution in [2.75, 3.05) is 6.54 Å². The summed E-state index contributed by atoms with van der Waals surface area (Å²) in [5.41, 5.74) is 13.4. The summed E-state index contributed by atoms with van der Waals surface area (Å²) >= 11 is 0. The Balaban J connectivity index is 1.56. The molecule has 3 rings (SSSR count). The number of fused-ring (bicyclic) bond motifs is 1. The molecule has 20 heavy (non-hydrogen) atoms. The van der Waals surface area contributed by atoms with E-state index in [9.17, 15) is 4.79 Å². The quantitative estimate of drug-likeness (QED) is 0.645. The SMILES string of the molecule is N[C@@H](C(=O)NC1CCC2CNNC2C1)c1ccccc1. The van der Waals surface area contributed by atoms with Crippen LogP contribution in [0.25, 0.3) is 0 Å². The summed E-state index contributed by atoms with van der Waals surface area (Å²) in [5, 5.41) is 3.10. The molecule has 0 spiro atoms. The van der Waals surface area contributed by atoms with Crippen molar-refractivity contribution in [2.24, 2.45) is 11.7 Å². The minimum absolute atomic E-state index is 0.0781. The van der Waals surface area contributed by atoms with Gasteiger partial charge in [-0.3, -0.25) is 15.6 Å². The lowest BCUT2D eigenvalue weighted by Crippen LogP contribution is -2.47. The fourth-order valence-electron chi connectivity index (χ4n) is 3.21. The number of nitrogens with one attached hydrogen (secondary N) is 3. The third-order valence-electron chi connectivity index (χ3n) is 4.43. The number of carbonyl (C=O) groups excluding carboxylic acids is 1. The Morgan fingerprint density at radius 1 is 1.30 bits per heavy atom. The maximum Gasteiger partial charge on any atom is 0.241 e. The van der Waals surface area contributed by atoms with Crippen LogP contribution in [0.1, 0.15) is 30.9 Å². The van der Waals surface area contributed by atoms with Gasteiger partial charge in [0.2, 0.25) is 5.91 Å². The van der Waals surface area contributed by atoms with E-state index in [1.54, 1.807) is 0 Å². The van der Waals surface area contributed by atoms with Crippen molar-refractivity contribution in [3.63, 3.8) is 0 Å². The monoisotopic (exact) mass is 274 g/mol. The predicted octanol–water partition coefficient (Wildman–Crippen LogP) is 0.448. The molecule has 5 heteroatoms. The van der Waals surface area contributed by atoms with Crippen LogP contribution in [0.4, 0.5) is 0 Å². The smallest absolute Gasteiger partial charge is 0.241 e. The topological polar surface area (TPSA) is 79.2 Å². The van der Waals surface area contributed by atoms with Crippen molar-refractivity contribution in [2.45, 2.75) is 37.4 Å². The van der Waals surface area contributed by atoms with Gasteiger partial charge in [0, 0.05) is 18.6 Å². The van der Waals surface area contributed by atoms with E-state index >= 15 is 0 Å². The van der Waals surface area contributed by atoms with Crippen molar-refractivity contribution in [1.82, 2.24) is 16.2 Å². The lowest BCUT2D eigenvalue weighted by Gasteiger charge is -2.31. The first-order valence-corrected chi connectivity index (χ1v) is 7.33. The van der Waals surface area contributed by atoms with E-state index in [0.717, 1.165) is 31.4 Å². The van der Waals surface area contributed by atoms with Crippen LogP contribution in [0.5, 0.6) is 0 Å². The number of hydrogen-bond donors (Lipinski definition) is 4. The number of amides is 1. The Hall–Kier alpha value is -1.43. The number of benzene rings is 1. The van der Waals surface area contributed by atoms with Gasteiger partial charge in [-0.05, 0) is 30.7 Å². The number of nitrogens with two attached hydrogens (primary N) is 1. The van der Waals surface area contributed by atoms with Crippen molar-refractivity contribution in [3.8, 4) is 0 Å². The summed E-state index contributed by atoms with van der Waals surface area (Å²) in [6.45, 7) is 1.04. The van der Waals surface area contributed by atoms with Crippen LogP contribution in [-0.4, -0.2) is 24.5 Å². The van der Waals surface area contributed by atoms with E-state index in [0.29, 0.717) is 12.0 Å². The molecule has 1 saturated carbocycles. The summed E-state index contributed by atoms with van der Waals surface area (Å²) in [6.07, 6.45) is 3.17. The first kappa shape index (κ1) is 13.5. The zero-order valence-corrected chi connectivity index (χ0v) is 11.5. The Kier molecular flexibility index (Phi) is 4.00. The van der Waals surface area contributed by atoms with Crippen LogP contribution in [0.3, 0.4) is 0 Å². The van der Waals surface area contributed by atoms with Gasteiger partial charge < -0.3 is 11.1 Å². The summed E-state index contributed by atoms with van der Waals surface area (Å²) in [7, 11) is 0. The third-order valence-corrected chi connectivity index (χ3v) is 4.43. The van der Waals surface area contributed by atoms with Crippen molar-refractivity contribution < 1.29 is 4.79 Å². The largest absolute Gasteiger partial charge is 0.352 e. The molecule has 5 N–H and O–H groups in total. The highest BCUT2D eigenvalue weighted by molar-refractivity contribution is 5.83. The Morgan fingerprint density at radius 3 is 2.90 bits per heavy atom. The number of rotatable bonds is 3. The van der Waals surface area contributed by atoms with E-state index in [4.69, 9.17) is 5.73 Å². The maximum atomic E-state index is 12.2. The predicted molar refractivity (Wildman–Crippen MR) is 77.6 cm³/mol. The molecule has 1 aromatic rings. The molecule has 1 heterocycles. The van der Waals surface area contributed by atoms with E-state index in [-0.39, 0.29) is 11.9 Å². The Labute approximate surface area is 119 Å².